The number of hydrogen-bond acceptors (Lipinski definition) is 4. The molecule has 0 N–H and O–H groups in total. The molecule has 3 fully saturated rings. The highest BCUT2D eigenvalue weighted by molar-refractivity contribution is 6.08. The van der Waals surface area contributed by atoms with Crippen LogP contribution in [0.15, 0.2) is 24.3 Å². The SMILES string of the molecule is COc1ccc(N2CCN(C(=O)C3(C(=O)N4CCCCC4)CC3)CC2)cc1. The van der Waals surface area contributed by atoms with Crippen LogP contribution < -0.4 is 9.64 Å². The number of piperazine rings is 1. The molecular formula is C21H29N3O3. The topological polar surface area (TPSA) is 53.1 Å². The van der Waals surface area contributed by atoms with Gasteiger partial charge in [0.15, 0.2) is 0 Å². The van der Waals surface area contributed by atoms with Gasteiger partial charge in [-0.2, -0.15) is 0 Å². The Kier molecular flexibility index (Phi) is 4.98. The van der Waals surface area contributed by atoms with E-state index in [4.69, 9.17) is 4.74 Å². The summed E-state index contributed by atoms with van der Waals surface area (Å²) in [4.78, 5) is 32.2. The fourth-order valence-corrected chi connectivity index (χ4v) is 4.31. The number of nitrogens with zero attached hydrogens (tertiary/aromatic N) is 3. The van der Waals surface area contributed by atoms with Crippen molar-refractivity contribution in [1.82, 2.24) is 9.80 Å². The van der Waals surface area contributed by atoms with Crippen molar-refractivity contribution >= 4 is 17.5 Å². The molecule has 0 unspecified atom stereocenters. The van der Waals surface area contributed by atoms with Crippen molar-refractivity contribution in [3.8, 4) is 5.75 Å². The number of likely N-dealkylation sites (tertiary alicyclic amines) is 1. The highest BCUT2D eigenvalue weighted by Gasteiger charge is 2.59. The number of anilines is 1. The predicted molar refractivity (Wildman–Crippen MR) is 104 cm³/mol. The van der Waals surface area contributed by atoms with E-state index in [1.165, 1.54) is 6.42 Å². The minimum absolute atomic E-state index is 0.0625. The van der Waals surface area contributed by atoms with Gasteiger partial charge < -0.3 is 19.4 Å². The third-order valence-electron chi connectivity index (χ3n) is 6.22. The molecule has 0 spiro atoms. The molecule has 1 aliphatic carbocycles. The van der Waals surface area contributed by atoms with Crippen LogP contribution in [-0.4, -0.2) is 68.0 Å². The molecule has 0 atom stereocenters. The second-order valence-electron chi connectivity index (χ2n) is 7.91. The van der Waals surface area contributed by atoms with Gasteiger partial charge in [-0.3, -0.25) is 9.59 Å². The van der Waals surface area contributed by atoms with Crippen LogP contribution in [0.4, 0.5) is 5.69 Å². The summed E-state index contributed by atoms with van der Waals surface area (Å²) in [6, 6.07) is 8.03. The summed E-state index contributed by atoms with van der Waals surface area (Å²) in [7, 11) is 1.66. The van der Waals surface area contributed by atoms with E-state index in [-0.39, 0.29) is 11.8 Å². The predicted octanol–water partition coefficient (Wildman–Crippen LogP) is 2.14. The smallest absolute Gasteiger partial charge is 0.238 e. The number of carbonyl (C=O) groups is 2. The minimum Gasteiger partial charge on any atom is -0.497 e. The first kappa shape index (κ1) is 18.1. The van der Waals surface area contributed by atoms with Crippen molar-refractivity contribution in [1.29, 1.82) is 0 Å². The van der Waals surface area contributed by atoms with Crippen LogP contribution >= 0.6 is 0 Å². The van der Waals surface area contributed by atoms with Gasteiger partial charge in [-0.25, -0.2) is 0 Å². The maximum Gasteiger partial charge on any atom is 0.238 e. The van der Waals surface area contributed by atoms with Crippen molar-refractivity contribution in [3.05, 3.63) is 24.3 Å². The van der Waals surface area contributed by atoms with E-state index in [0.717, 1.165) is 63.3 Å². The molecule has 0 bridgehead atoms. The van der Waals surface area contributed by atoms with Crippen LogP contribution in [0.2, 0.25) is 0 Å². The highest BCUT2D eigenvalue weighted by atomic mass is 16.5. The number of piperidine rings is 1. The Morgan fingerprint density at radius 2 is 1.37 bits per heavy atom. The highest BCUT2D eigenvalue weighted by Crippen LogP contribution is 2.49. The van der Waals surface area contributed by atoms with E-state index in [1.54, 1.807) is 7.11 Å². The Bertz CT molecular complexity index is 685. The molecule has 1 aromatic carbocycles. The van der Waals surface area contributed by atoms with Crippen LogP contribution in [0.1, 0.15) is 32.1 Å². The summed E-state index contributed by atoms with van der Waals surface area (Å²) in [6.07, 6.45) is 4.77. The third-order valence-corrected chi connectivity index (χ3v) is 6.22. The van der Waals surface area contributed by atoms with E-state index in [2.05, 4.69) is 17.0 Å². The second kappa shape index (κ2) is 7.41. The number of rotatable bonds is 4. The van der Waals surface area contributed by atoms with E-state index < -0.39 is 5.41 Å². The first-order valence-corrected chi connectivity index (χ1v) is 10.1. The maximum absolute atomic E-state index is 13.1. The molecular weight excluding hydrogens is 342 g/mol. The van der Waals surface area contributed by atoms with Crippen LogP contribution in [-0.2, 0) is 9.59 Å². The van der Waals surface area contributed by atoms with Gasteiger partial charge in [-0.1, -0.05) is 0 Å². The Morgan fingerprint density at radius 1 is 0.815 bits per heavy atom. The molecule has 0 aromatic heterocycles. The van der Waals surface area contributed by atoms with E-state index in [9.17, 15) is 9.59 Å². The molecule has 4 rings (SSSR count). The molecule has 3 aliphatic rings. The Hall–Kier alpha value is -2.24. The number of methoxy groups -OCH3 is 1. The average Bonchev–Trinajstić information content (AvgIpc) is 3.55. The van der Waals surface area contributed by atoms with Gasteiger partial charge in [0.1, 0.15) is 11.2 Å². The van der Waals surface area contributed by atoms with Gasteiger partial charge in [-0.15, -0.1) is 0 Å². The van der Waals surface area contributed by atoms with E-state index in [1.807, 2.05) is 21.9 Å². The molecule has 2 heterocycles. The lowest BCUT2D eigenvalue weighted by Gasteiger charge is -2.38. The third kappa shape index (κ3) is 3.49. The number of amides is 2. The number of ether oxygens (including phenoxy) is 1. The fraction of sp³-hybridized carbons (Fsp3) is 0.619. The largest absolute Gasteiger partial charge is 0.497 e. The lowest BCUT2D eigenvalue weighted by molar-refractivity contribution is -0.150. The van der Waals surface area contributed by atoms with Gasteiger partial charge in [0, 0.05) is 45.0 Å². The van der Waals surface area contributed by atoms with Crippen LogP contribution in [0.25, 0.3) is 0 Å². The lowest BCUT2D eigenvalue weighted by Crippen LogP contribution is -2.54. The normalized spacial score (nSPS) is 21.7. The lowest BCUT2D eigenvalue weighted by atomic mass is 10.00. The quantitative estimate of drug-likeness (QED) is 0.761. The second-order valence-corrected chi connectivity index (χ2v) is 7.91. The molecule has 6 nitrogen and oxygen atoms in total. The summed E-state index contributed by atoms with van der Waals surface area (Å²) >= 11 is 0. The molecule has 2 saturated heterocycles. The standard InChI is InChI=1S/C21H29N3O3/c1-27-18-7-5-17(6-8-18)22-13-15-24(16-14-22)20(26)21(9-10-21)19(25)23-11-3-2-4-12-23/h5-8H,2-4,9-16H2,1H3. The monoisotopic (exact) mass is 371 g/mol. The van der Waals surface area contributed by atoms with Crippen LogP contribution in [0.5, 0.6) is 5.75 Å². The van der Waals surface area contributed by atoms with Crippen molar-refractivity contribution in [3.63, 3.8) is 0 Å². The van der Waals surface area contributed by atoms with Crippen molar-refractivity contribution in [2.45, 2.75) is 32.1 Å². The van der Waals surface area contributed by atoms with Gasteiger partial charge in [0.05, 0.1) is 7.11 Å². The molecule has 1 aromatic rings. The van der Waals surface area contributed by atoms with E-state index in [0.29, 0.717) is 13.1 Å². The maximum atomic E-state index is 13.1. The van der Waals surface area contributed by atoms with Crippen LogP contribution in [0.3, 0.4) is 0 Å². The molecule has 6 heteroatoms. The first-order valence-electron chi connectivity index (χ1n) is 10.1. The molecule has 1 saturated carbocycles. The zero-order valence-electron chi connectivity index (χ0n) is 16.2. The van der Waals surface area contributed by atoms with Crippen molar-refractivity contribution in [2.75, 3.05) is 51.3 Å². The summed E-state index contributed by atoms with van der Waals surface area (Å²) in [5, 5.41) is 0. The molecule has 2 amide bonds. The first-order chi connectivity index (χ1) is 13.1. The van der Waals surface area contributed by atoms with Crippen molar-refractivity contribution < 1.29 is 14.3 Å². The summed E-state index contributed by atoms with van der Waals surface area (Å²) in [5.74, 6) is 0.997. The summed E-state index contributed by atoms with van der Waals surface area (Å²) in [6.45, 7) is 4.59. The summed E-state index contributed by atoms with van der Waals surface area (Å²) < 4.78 is 5.21. The molecule has 2 aliphatic heterocycles. The zero-order valence-corrected chi connectivity index (χ0v) is 16.2. The van der Waals surface area contributed by atoms with Gasteiger partial charge in [0.2, 0.25) is 11.8 Å². The summed E-state index contributed by atoms with van der Waals surface area (Å²) in [5.41, 5.74) is 0.410. The molecule has 27 heavy (non-hydrogen) atoms. The fourth-order valence-electron chi connectivity index (χ4n) is 4.31. The van der Waals surface area contributed by atoms with Crippen molar-refractivity contribution in [2.24, 2.45) is 5.41 Å². The average molecular weight is 371 g/mol. The van der Waals surface area contributed by atoms with Gasteiger partial charge in [0.25, 0.3) is 0 Å². The Morgan fingerprint density at radius 3 is 1.89 bits per heavy atom. The number of hydrogen-bond donors (Lipinski definition) is 0. The van der Waals surface area contributed by atoms with Crippen LogP contribution in [0, 0.1) is 5.41 Å². The van der Waals surface area contributed by atoms with E-state index >= 15 is 0 Å². The zero-order chi connectivity index (χ0) is 18.9. The van der Waals surface area contributed by atoms with Gasteiger partial charge >= 0.3 is 0 Å². The minimum atomic E-state index is -0.736. The number of carbonyl (C=O) groups excluding carboxylic acids is 2. The molecule has 0 radical (unpaired) electrons. The Labute approximate surface area is 161 Å². The number of benzene rings is 1. The molecule has 146 valence electrons. The van der Waals surface area contributed by atoms with Gasteiger partial charge in [-0.05, 0) is 56.4 Å². The Balaban J connectivity index is 1.36.